The standard InChI is InChI=1S/C21H23F2N3O5/c1-21(10-29-2)9-13(12-4-5-14(22)16(23)17(12)30-3)18(31-21)20(28)26-11-6-7-25-15(8-11)19(24)27/h4-8,13,18H,9-10H2,1-3H3,(H2,24,27)(H,25,26,28)/t13-,18+,21+/m1/s1. The Labute approximate surface area is 177 Å². The Hall–Kier alpha value is -3.11. The number of nitrogens with one attached hydrogen (secondary N) is 1. The highest BCUT2D eigenvalue weighted by molar-refractivity contribution is 5.97. The van der Waals surface area contributed by atoms with E-state index in [9.17, 15) is 18.4 Å². The predicted molar refractivity (Wildman–Crippen MR) is 107 cm³/mol. The largest absolute Gasteiger partial charge is 0.493 e. The van der Waals surface area contributed by atoms with Gasteiger partial charge in [0.25, 0.3) is 11.8 Å². The maximum absolute atomic E-state index is 14.3. The van der Waals surface area contributed by atoms with Crippen LogP contribution in [0.2, 0.25) is 0 Å². The van der Waals surface area contributed by atoms with E-state index in [2.05, 4.69) is 10.3 Å². The van der Waals surface area contributed by atoms with Gasteiger partial charge in [0.2, 0.25) is 5.82 Å². The molecule has 0 aliphatic carbocycles. The fourth-order valence-electron chi connectivity index (χ4n) is 3.82. The molecule has 0 saturated carbocycles. The van der Waals surface area contributed by atoms with Crippen LogP contribution in [0, 0.1) is 11.6 Å². The first kappa shape index (κ1) is 22.6. The minimum absolute atomic E-state index is 0.0202. The van der Waals surface area contributed by atoms with Crippen LogP contribution in [0.25, 0.3) is 0 Å². The average Bonchev–Trinajstić information content (AvgIpc) is 3.07. The molecule has 1 aliphatic rings. The summed E-state index contributed by atoms with van der Waals surface area (Å²) >= 11 is 0. The van der Waals surface area contributed by atoms with Crippen molar-refractivity contribution in [1.82, 2.24) is 4.98 Å². The number of aromatic nitrogens is 1. The van der Waals surface area contributed by atoms with E-state index in [1.165, 1.54) is 38.6 Å². The van der Waals surface area contributed by atoms with Gasteiger partial charge in [-0.2, -0.15) is 4.39 Å². The Morgan fingerprint density at radius 1 is 1.32 bits per heavy atom. The maximum Gasteiger partial charge on any atom is 0.267 e. The van der Waals surface area contributed by atoms with Gasteiger partial charge in [-0.3, -0.25) is 14.6 Å². The normalized spacial score (nSPS) is 22.9. The number of amides is 2. The lowest BCUT2D eigenvalue weighted by Crippen LogP contribution is -2.35. The van der Waals surface area contributed by atoms with Crippen molar-refractivity contribution < 1.29 is 32.6 Å². The summed E-state index contributed by atoms with van der Waals surface area (Å²) in [5.74, 6) is -4.42. The molecule has 1 aromatic carbocycles. The van der Waals surface area contributed by atoms with Gasteiger partial charge in [0.05, 0.1) is 19.3 Å². The second-order valence-electron chi connectivity index (χ2n) is 7.50. The van der Waals surface area contributed by atoms with Crippen molar-refractivity contribution in [2.24, 2.45) is 5.73 Å². The third-order valence-electron chi connectivity index (χ3n) is 5.10. The lowest BCUT2D eigenvalue weighted by atomic mass is 9.86. The first-order valence-corrected chi connectivity index (χ1v) is 9.44. The predicted octanol–water partition coefficient (Wildman–Crippen LogP) is 2.38. The first-order chi connectivity index (χ1) is 14.7. The number of hydrogen-bond acceptors (Lipinski definition) is 6. The van der Waals surface area contributed by atoms with Crippen molar-refractivity contribution in [3.8, 4) is 5.75 Å². The van der Waals surface area contributed by atoms with E-state index in [1.54, 1.807) is 6.92 Å². The van der Waals surface area contributed by atoms with Crippen LogP contribution < -0.4 is 15.8 Å². The van der Waals surface area contributed by atoms with Crippen LogP contribution >= 0.6 is 0 Å². The topological polar surface area (TPSA) is 113 Å². The van der Waals surface area contributed by atoms with Gasteiger partial charge in [-0.15, -0.1) is 0 Å². The molecule has 0 bridgehead atoms. The minimum atomic E-state index is -1.14. The molecule has 3 N–H and O–H groups in total. The van der Waals surface area contributed by atoms with E-state index < -0.39 is 41.1 Å². The Morgan fingerprint density at radius 3 is 2.71 bits per heavy atom. The molecule has 0 spiro atoms. The molecule has 1 saturated heterocycles. The highest BCUT2D eigenvalue weighted by Gasteiger charge is 2.48. The Morgan fingerprint density at radius 2 is 2.06 bits per heavy atom. The van der Waals surface area contributed by atoms with Crippen LogP contribution in [0.4, 0.5) is 14.5 Å². The van der Waals surface area contributed by atoms with Crippen LogP contribution in [0.5, 0.6) is 5.75 Å². The molecule has 2 aromatic rings. The summed E-state index contributed by atoms with van der Waals surface area (Å²) in [7, 11) is 2.72. The fourth-order valence-corrected chi connectivity index (χ4v) is 3.82. The summed E-state index contributed by atoms with van der Waals surface area (Å²) in [6, 6.07) is 5.18. The van der Waals surface area contributed by atoms with Crippen molar-refractivity contribution >= 4 is 17.5 Å². The zero-order chi connectivity index (χ0) is 22.8. The molecule has 0 unspecified atom stereocenters. The SMILES string of the molecule is COC[C@]1(C)C[C@H](c2ccc(F)c(F)c2OC)[C@@H](C(=O)Nc2ccnc(C(N)=O)c2)O1. The van der Waals surface area contributed by atoms with Crippen LogP contribution in [0.1, 0.15) is 35.3 Å². The van der Waals surface area contributed by atoms with Crippen molar-refractivity contribution in [2.75, 3.05) is 26.1 Å². The lowest BCUT2D eigenvalue weighted by Gasteiger charge is -2.23. The third kappa shape index (κ3) is 4.64. The number of ether oxygens (including phenoxy) is 3. The number of anilines is 1. The number of methoxy groups -OCH3 is 2. The number of carbonyl (C=O) groups is 2. The highest BCUT2D eigenvalue weighted by atomic mass is 19.2. The lowest BCUT2D eigenvalue weighted by molar-refractivity contribution is -0.134. The van der Waals surface area contributed by atoms with Crippen molar-refractivity contribution in [1.29, 1.82) is 0 Å². The number of halogens is 2. The Balaban J connectivity index is 1.96. The number of benzene rings is 1. The van der Waals surface area contributed by atoms with Gasteiger partial charge in [-0.25, -0.2) is 4.39 Å². The number of pyridine rings is 1. The van der Waals surface area contributed by atoms with Gasteiger partial charge in [0, 0.05) is 30.5 Å². The van der Waals surface area contributed by atoms with Crippen molar-refractivity contribution in [2.45, 2.75) is 31.0 Å². The molecule has 1 fully saturated rings. The summed E-state index contributed by atoms with van der Waals surface area (Å²) in [5.41, 5.74) is 4.94. The van der Waals surface area contributed by atoms with Crippen LogP contribution in [0.15, 0.2) is 30.5 Å². The highest BCUT2D eigenvalue weighted by Crippen LogP contribution is 2.45. The van der Waals surface area contributed by atoms with E-state index in [4.69, 9.17) is 19.9 Å². The second kappa shape index (κ2) is 8.94. The summed E-state index contributed by atoms with van der Waals surface area (Å²) < 4.78 is 44.4. The van der Waals surface area contributed by atoms with Gasteiger partial charge in [0.1, 0.15) is 11.8 Å². The van der Waals surface area contributed by atoms with Gasteiger partial charge >= 0.3 is 0 Å². The van der Waals surface area contributed by atoms with Gasteiger partial charge in [-0.1, -0.05) is 6.07 Å². The van der Waals surface area contributed by atoms with Gasteiger partial charge in [-0.05, 0) is 31.5 Å². The number of nitrogens with zero attached hydrogens (tertiary/aromatic N) is 1. The zero-order valence-corrected chi connectivity index (χ0v) is 17.3. The van der Waals surface area contributed by atoms with E-state index in [-0.39, 0.29) is 23.7 Å². The van der Waals surface area contributed by atoms with E-state index in [0.29, 0.717) is 12.0 Å². The van der Waals surface area contributed by atoms with Crippen LogP contribution in [-0.2, 0) is 14.3 Å². The number of rotatable bonds is 7. The second-order valence-corrected chi connectivity index (χ2v) is 7.50. The summed E-state index contributed by atoms with van der Waals surface area (Å²) in [6.07, 6.45) is 0.559. The summed E-state index contributed by atoms with van der Waals surface area (Å²) in [5, 5.41) is 2.66. The summed E-state index contributed by atoms with van der Waals surface area (Å²) in [4.78, 5) is 28.3. The Kier molecular flexibility index (Phi) is 6.51. The van der Waals surface area contributed by atoms with E-state index >= 15 is 0 Å². The molecule has 8 nitrogen and oxygen atoms in total. The molecule has 2 heterocycles. The molecule has 1 aromatic heterocycles. The number of primary amides is 1. The molecule has 31 heavy (non-hydrogen) atoms. The molecule has 3 atom stereocenters. The molecular formula is C21H23F2N3O5. The fraction of sp³-hybridized carbons (Fsp3) is 0.381. The minimum Gasteiger partial charge on any atom is -0.493 e. The summed E-state index contributed by atoms with van der Waals surface area (Å²) in [6.45, 7) is 1.95. The third-order valence-corrected chi connectivity index (χ3v) is 5.10. The smallest absolute Gasteiger partial charge is 0.267 e. The van der Waals surface area contributed by atoms with E-state index in [1.807, 2.05) is 0 Å². The van der Waals surface area contributed by atoms with Crippen LogP contribution in [-0.4, -0.2) is 49.3 Å². The van der Waals surface area contributed by atoms with Crippen molar-refractivity contribution in [3.05, 3.63) is 53.4 Å². The average molecular weight is 435 g/mol. The number of hydrogen-bond donors (Lipinski definition) is 2. The Bertz CT molecular complexity index is 1000. The van der Waals surface area contributed by atoms with Gasteiger partial charge < -0.3 is 25.3 Å². The molecule has 2 amide bonds. The molecule has 0 radical (unpaired) electrons. The number of carbonyl (C=O) groups excluding carboxylic acids is 2. The quantitative estimate of drug-likeness (QED) is 0.691. The van der Waals surface area contributed by atoms with Crippen molar-refractivity contribution in [3.63, 3.8) is 0 Å². The molecule has 1 aliphatic heterocycles. The maximum atomic E-state index is 14.3. The first-order valence-electron chi connectivity index (χ1n) is 9.44. The molecule has 10 heteroatoms. The molecule has 3 rings (SSSR count). The van der Waals surface area contributed by atoms with Gasteiger partial charge in [0.15, 0.2) is 11.6 Å². The van der Waals surface area contributed by atoms with Crippen LogP contribution in [0.3, 0.4) is 0 Å². The number of nitrogens with two attached hydrogens (primary N) is 1. The molecular weight excluding hydrogens is 412 g/mol. The molecule has 166 valence electrons. The zero-order valence-electron chi connectivity index (χ0n) is 17.3. The van der Waals surface area contributed by atoms with E-state index in [0.717, 1.165) is 6.07 Å². The monoisotopic (exact) mass is 435 g/mol.